The Labute approximate surface area is 204 Å². The van der Waals surface area contributed by atoms with Crippen LogP contribution >= 0.6 is 0 Å². The number of fused-ring (bicyclic) bond motifs is 2. The third kappa shape index (κ3) is 3.79. The van der Waals surface area contributed by atoms with Gasteiger partial charge in [-0.2, -0.15) is 13.2 Å². The molecule has 0 aliphatic carbocycles. The monoisotopic (exact) mass is 509 g/mol. The van der Waals surface area contributed by atoms with Gasteiger partial charge in [-0.1, -0.05) is 12.1 Å². The molecular weight excluding hydrogens is 496 g/mol. The van der Waals surface area contributed by atoms with Crippen molar-refractivity contribution in [2.45, 2.75) is 6.18 Å². The molecule has 0 saturated heterocycles. The first kappa shape index (κ1) is 22.8. The number of rotatable bonds is 3. The van der Waals surface area contributed by atoms with E-state index in [1.54, 1.807) is 18.3 Å². The van der Waals surface area contributed by atoms with Gasteiger partial charge < -0.3 is 4.98 Å². The number of alkyl halides is 3. The molecule has 4 aromatic heterocycles. The molecule has 184 valence electrons. The number of aromatic amines is 1. The van der Waals surface area contributed by atoms with Crippen molar-refractivity contribution in [1.29, 1.82) is 0 Å². The fraction of sp³-hybridized carbons (Fsp3) is 0.0385. The molecule has 0 fully saturated rings. The Kier molecular flexibility index (Phi) is 5.04. The minimum Gasteiger partial charge on any atom is -0.338 e. The minimum absolute atomic E-state index is 0.0714. The van der Waals surface area contributed by atoms with Gasteiger partial charge in [0.2, 0.25) is 0 Å². The van der Waals surface area contributed by atoms with Gasteiger partial charge in [0, 0.05) is 29.1 Å². The third-order valence-corrected chi connectivity index (χ3v) is 5.93. The average Bonchev–Trinajstić information content (AvgIpc) is 3.49. The summed E-state index contributed by atoms with van der Waals surface area (Å²) < 4.78 is 85.0. The molecule has 6 aromatic rings. The molecule has 0 aliphatic heterocycles. The van der Waals surface area contributed by atoms with E-state index in [1.165, 1.54) is 34.9 Å². The highest BCUT2D eigenvalue weighted by molar-refractivity contribution is 5.85. The van der Waals surface area contributed by atoms with Gasteiger partial charge in [-0.15, -0.1) is 0 Å². The van der Waals surface area contributed by atoms with Crippen molar-refractivity contribution in [1.82, 2.24) is 24.3 Å². The Morgan fingerprint density at radius 3 is 2.43 bits per heavy atom. The van der Waals surface area contributed by atoms with Gasteiger partial charge in [0.15, 0.2) is 17.3 Å². The first-order chi connectivity index (χ1) is 17.7. The molecule has 0 atom stereocenters. The number of pyridine rings is 2. The Hall–Kier alpha value is -4.67. The van der Waals surface area contributed by atoms with Gasteiger partial charge in [0.25, 0.3) is 0 Å². The Bertz CT molecular complexity index is 1820. The number of hydrogen-bond acceptors (Lipinski definition) is 3. The Morgan fingerprint density at radius 2 is 1.62 bits per heavy atom. The van der Waals surface area contributed by atoms with E-state index in [0.717, 1.165) is 24.4 Å². The highest BCUT2D eigenvalue weighted by Gasteiger charge is 2.37. The van der Waals surface area contributed by atoms with Crippen molar-refractivity contribution in [2.75, 3.05) is 0 Å². The van der Waals surface area contributed by atoms with E-state index in [1.807, 2.05) is 0 Å². The SMILES string of the molecule is Fc1ccc2nc(-c3cc(-c4cccn5c(-c6cccc(F)c6F)ncc45)cnc3C(F)(F)F)[nH]c2c1. The quantitative estimate of drug-likeness (QED) is 0.260. The molecule has 0 radical (unpaired) electrons. The lowest BCUT2D eigenvalue weighted by Gasteiger charge is -2.13. The maximum atomic E-state index is 14.4. The van der Waals surface area contributed by atoms with Crippen LogP contribution in [0.2, 0.25) is 0 Å². The van der Waals surface area contributed by atoms with E-state index in [4.69, 9.17) is 0 Å². The molecule has 6 rings (SSSR count). The Balaban J connectivity index is 1.54. The van der Waals surface area contributed by atoms with Crippen LogP contribution in [0.1, 0.15) is 5.69 Å². The molecule has 4 heterocycles. The van der Waals surface area contributed by atoms with Crippen molar-refractivity contribution in [3.63, 3.8) is 0 Å². The molecule has 0 bridgehead atoms. The number of benzene rings is 2. The van der Waals surface area contributed by atoms with Gasteiger partial charge in [-0.25, -0.2) is 23.1 Å². The first-order valence-electron chi connectivity index (χ1n) is 10.8. The fourth-order valence-electron chi connectivity index (χ4n) is 4.27. The lowest BCUT2D eigenvalue weighted by molar-refractivity contribution is -0.140. The standard InChI is InChI=1S/C26H13F6N5/c27-14-6-7-19-20(10-14)36-24(35-19)17-9-13(11-33-23(17)26(30,31)32)15-4-2-8-37-21(15)12-34-25(37)16-3-1-5-18(28)22(16)29/h1-12H,(H,35,36). The van der Waals surface area contributed by atoms with E-state index in [0.29, 0.717) is 16.6 Å². The van der Waals surface area contributed by atoms with Crippen molar-refractivity contribution >= 4 is 16.6 Å². The highest BCUT2D eigenvalue weighted by atomic mass is 19.4. The number of nitrogens with one attached hydrogen (secondary N) is 1. The van der Waals surface area contributed by atoms with E-state index in [9.17, 15) is 26.3 Å². The summed E-state index contributed by atoms with van der Waals surface area (Å²) in [5, 5.41) is 0. The maximum Gasteiger partial charge on any atom is 0.434 e. The Morgan fingerprint density at radius 1 is 0.811 bits per heavy atom. The van der Waals surface area contributed by atoms with E-state index < -0.39 is 29.3 Å². The van der Waals surface area contributed by atoms with E-state index >= 15 is 0 Å². The molecule has 5 nitrogen and oxygen atoms in total. The zero-order valence-corrected chi connectivity index (χ0v) is 18.5. The van der Waals surface area contributed by atoms with Crippen LogP contribution in [-0.2, 0) is 6.18 Å². The molecule has 1 N–H and O–H groups in total. The second-order valence-electron chi connectivity index (χ2n) is 8.23. The zero-order chi connectivity index (χ0) is 25.9. The van der Waals surface area contributed by atoms with Crippen molar-refractivity contribution in [3.05, 3.63) is 96.3 Å². The van der Waals surface area contributed by atoms with Gasteiger partial charge >= 0.3 is 6.18 Å². The van der Waals surface area contributed by atoms with E-state index in [2.05, 4.69) is 19.9 Å². The highest BCUT2D eigenvalue weighted by Crippen LogP contribution is 2.38. The number of imidazole rings is 2. The lowest BCUT2D eigenvalue weighted by atomic mass is 10.0. The molecule has 0 saturated carbocycles. The number of nitrogens with zero attached hydrogens (tertiary/aromatic N) is 4. The lowest BCUT2D eigenvalue weighted by Crippen LogP contribution is -2.10. The fourth-order valence-corrected chi connectivity index (χ4v) is 4.27. The zero-order valence-electron chi connectivity index (χ0n) is 18.5. The van der Waals surface area contributed by atoms with Crippen LogP contribution in [0.15, 0.2) is 73.2 Å². The predicted molar refractivity (Wildman–Crippen MR) is 124 cm³/mol. The van der Waals surface area contributed by atoms with Crippen molar-refractivity contribution < 1.29 is 26.3 Å². The summed E-state index contributed by atoms with van der Waals surface area (Å²) in [7, 11) is 0. The smallest absolute Gasteiger partial charge is 0.338 e. The molecule has 0 spiro atoms. The summed E-state index contributed by atoms with van der Waals surface area (Å²) >= 11 is 0. The maximum absolute atomic E-state index is 14.4. The van der Waals surface area contributed by atoms with Gasteiger partial charge in [-0.05, 0) is 42.5 Å². The number of hydrogen-bond donors (Lipinski definition) is 1. The normalized spacial score (nSPS) is 12.1. The average molecular weight is 509 g/mol. The van der Waals surface area contributed by atoms with Crippen LogP contribution in [-0.4, -0.2) is 24.3 Å². The topological polar surface area (TPSA) is 58.9 Å². The van der Waals surface area contributed by atoms with Crippen LogP contribution in [0.5, 0.6) is 0 Å². The van der Waals surface area contributed by atoms with Crippen LogP contribution in [0.4, 0.5) is 26.3 Å². The summed E-state index contributed by atoms with van der Waals surface area (Å²) in [6, 6.07) is 11.9. The van der Waals surface area contributed by atoms with Crippen LogP contribution < -0.4 is 0 Å². The number of halogens is 6. The predicted octanol–water partition coefficient (Wildman–Crippen LogP) is 7.04. The second-order valence-corrected chi connectivity index (χ2v) is 8.23. The minimum atomic E-state index is -4.79. The number of H-pyrrole nitrogens is 1. The molecule has 2 aromatic carbocycles. The van der Waals surface area contributed by atoms with Crippen LogP contribution in [0.25, 0.3) is 50.5 Å². The molecular formula is C26H13F6N5. The van der Waals surface area contributed by atoms with Gasteiger partial charge in [0.05, 0.1) is 28.3 Å². The van der Waals surface area contributed by atoms with Crippen LogP contribution in [0, 0.1) is 17.5 Å². The van der Waals surface area contributed by atoms with Gasteiger partial charge in [0.1, 0.15) is 17.5 Å². The molecule has 0 amide bonds. The summed E-state index contributed by atoms with van der Waals surface area (Å²) in [6.07, 6.45) is -0.726. The first-order valence-corrected chi connectivity index (χ1v) is 10.8. The summed E-state index contributed by atoms with van der Waals surface area (Å²) in [4.78, 5) is 14.9. The molecule has 37 heavy (non-hydrogen) atoms. The van der Waals surface area contributed by atoms with E-state index in [-0.39, 0.29) is 33.8 Å². The summed E-state index contributed by atoms with van der Waals surface area (Å²) in [6.45, 7) is 0. The summed E-state index contributed by atoms with van der Waals surface area (Å²) in [5.41, 5.74) is 0.119. The molecule has 0 unspecified atom stereocenters. The van der Waals surface area contributed by atoms with Crippen molar-refractivity contribution in [3.8, 4) is 33.9 Å². The molecule has 11 heteroatoms. The van der Waals surface area contributed by atoms with Gasteiger partial charge in [-0.3, -0.25) is 9.38 Å². The summed E-state index contributed by atoms with van der Waals surface area (Å²) in [5.74, 6) is -2.69. The third-order valence-electron chi connectivity index (χ3n) is 5.93. The van der Waals surface area contributed by atoms with Crippen molar-refractivity contribution in [2.24, 2.45) is 0 Å². The number of aromatic nitrogens is 5. The molecule has 0 aliphatic rings. The van der Waals surface area contributed by atoms with Crippen LogP contribution in [0.3, 0.4) is 0 Å². The second kappa shape index (κ2) is 8.19. The largest absolute Gasteiger partial charge is 0.434 e.